The van der Waals surface area contributed by atoms with Crippen molar-refractivity contribution in [1.29, 1.82) is 0 Å². The first-order valence-corrected chi connectivity index (χ1v) is 6.37. The molecule has 0 aliphatic carbocycles. The summed E-state index contributed by atoms with van der Waals surface area (Å²) in [6.07, 6.45) is 2.06. The van der Waals surface area contributed by atoms with Crippen LogP contribution in [0.25, 0.3) is 0 Å². The van der Waals surface area contributed by atoms with Crippen molar-refractivity contribution < 1.29 is 0 Å². The summed E-state index contributed by atoms with van der Waals surface area (Å²) in [5.41, 5.74) is 7.11. The van der Waals surface area contributed by atoms with Crippen molar-refractivity contribution >= 4 is 34.9 Å². The van der Waals surface area contributed by atoms with Crippen LogP contribution in [0, 0.1) is 6.92 Å². The van der Waals surface area contributed by atoms with Gasteiger partial charge in [-0.15, -0.1) is 0 Å². The van der Waals surface area contributed by atoms with E-state index in [9.17, 15) is 0 Å². The minimum absolute atomic E-state index is 0.223. The first kappa shape index (κ1) is 12.4. The van der Waals surface area contributed by atoms with Crippen molar-refractivity contribution in [2.24, 2.45) is 0 Å². The van der Waals surface area contributed by atoms with Crippen LogP contribution < -0.4 is 11.1 Å². The van der Waals surface area contributed by atoms with E-state index >= 15 is 0 Å². The number of nitrogens with one attached hydrogen (secondary N) is 1. The third-order valence-corrected chi connectivity index (χ3v) is 2.91. The number of nitrogen functional groups attached to an aromatic ring is 1. The lowest BCUT2D eigenvalue weighted by molar-refractivity contribution is 0.899. The Morgan fingerprint density at radius 1 is 1.53 bits per heavy atom. The van der Waals surface area contributed by atoms with Crippen molar-refractivity contribution in [3.05, 3.63) is 11.0 Å². The number of halogens is 1. The largest absolute Gasteiger partial charge is 0.394 e. The Bertz CT molecular complexity index is 345. The van der Waals surface area contributed by atoms with Gasteiger partial charge in [0.1, 0.15) is 0 Å². The normalized spacial score (nSPS) is 12.5. The standard InChI is InChI=1S/C9H15ClN4S/c1-5(4-15-3)12-8-7(11)6(2)13-9(10)14-8/h5H,4,11H2,1-3H3,(H,12,13,14). The highest BCUT2D eigenvalue weighted by molar-refractivity contribution is 7.98. The second-order valence-electron chi connectivity index (χ2n) is 3.34. The molecule has 0 aliphatic rings. The molecule has 4 nitrogen and oxygen atoms in total. The summed E-state index contributed by atoms with van der Waals surface area (Å²) in [7, 11) is 0. The Morgan fingerprint density at radius 2 is 2.20 bits per heavy atom. The van der Waals surface area contributed by atoms with Crippen LogP contribution in [0.4, 0.5) is 11.5 Å². The van der Waals surface area contributed by atoms with Crippen LogP contribution in [0.2, 0.25) is 5.28 Å². The first-order chi connectivity index (χ1) is 7.04. The molecular formula is C9H15ClN4S. The molecule has 0 bridgehead atoms. The molecule has 1 aromatic rings. The van der Waals surface area contributed by atoms with Crippen LogP contribution in [-0.4, -0.2) is 28.0 Å². The number of nitrogens with two attached hydrogens (primary N) is 1. The summed E-state index contributed by atoms with van der Waals surface area (Å²) in [4.78, 5) is 8.04. The molecule has 0 spiro atoms. The minimum atomic E-state index is 0.223. The number of rotatable bonds is 4. The van der Waals surface area contributed by atoms with Gasteiger partial charge in [-0.1, -0.05) is 0 Å². The van der Waals surface area contributed by atoms with E-state index in [2.05, 4.69) is 28.5 Å². The van der Waals surface area contributed by atoms with Gasteiger partial charge in [0, 0.05) is 11.8 Å². The Hall–Kier alpha value is -0.680. The van der Waals surface area contributed by atoms with Gasteiger partial charge in [0.2, 0.25) is 5.28 Å². The van der Waals surface area contributed by atoms with Crippen molar-refractivity contribution in [3.8, 4) is 0 Å². The number of aromatic nitrogens is 2. The molecule has 84 valence electrons. The van der Waals surface area contributed by atoms with Crippen LogP contribution in [0.15, 0.2) is 0 Å². The highest BCUT2D eigenvalue weighted by Gasteiger charge is 2.09. The van der Waals surface area contributed by atoms with Crippen LogP contribution in [0.1, 0.15) is 12.6 Å². The average Bonchev–Trinajstić information content (AvgIpc) is 2.13. The molecule has 0 saturated carbocycles. The fourth-order valence-electron chi connectivity index (χ4n) is 1.18. The van der Waals surface area contributed by atoms with E-state index in [1.165, 1.54) is 0 Å². The summed E-state index contributed by atoms with van der Waals surface area (Å²) >= 11 is 7.52. The van der Waals surface area contributed by atoms with E-state index in [0.29, 0.717) is 23.2 Å². The maximum absolute atomic E-state index is 5.84. The number of hydrogen-bond acceptors (Lipinski definition) is 5. The molecule has 0 aliphatic heterocycles. The molecule has 1 rings (SSSR count). The Kier molecular flexibility index (Phi) is 4.47. The Labute approximate surface area is 99.0 Å². The Balaban J connectivity index is 2.84. The average molecular weight is 247 g/mol. The summed E-state index contributed by atoms with van der Waals surface area (Å²) in [6.45, 7) is 3.88. The fraction of sp³-hybridized carbons (Fsp3) is 0.556. The summed E-state index contributed by atoms with van der Waals surface area (Å²) in [5.74, 6) is 1.61. The molecule has 6 heteroatoms. The topological polar surface area (TPSA) is 63.8 Å². The maximum Gasteiger partial charge on any atom is 0.224 e. The number of thioether (sulfide) groups is 1. The molecule has 0 aromatic carbocycles. The first-order valence-electron chi connectivity index (χ1n) is 4.59. The smallest absolute Gasteiger partial charge is 0.224 e. The minimum Gasteiger partial charge on any atom is -0.394 e. The van der Waals surface area contributed by atoms with Gasteiger partial charge < -0.3 is 11.1 Å². The van der Waals surface area contributed by atoms with Gasteiger partial charge in [-0.05, 0) is 31.7 Å². The quantitative estimate of drug-likeness (QED) is 0.798. The summed E-state index contributed by atoms with van der Waals surface area (Å²) < 4.78 is 0. The molecular weight excluding hydrogens is 232 g/mol. The molecule has 1 heterocycles. The molecule has 1 unspecified atom stereocenters. The van der Waals surface area contributed by atoms with Crippen molar-refractivity contribution in [1.82, 2.24) is 9.97 Å². The lowest BCUT2D eigenvalue weighted by Crippen LogP contribution is -2.20. The van der Waals surface area contributed by atoms with Gasteiger partial charge in [0.05, 0.1) is 11.4 Å². The monoisotopic (exact) mass is 246 g/mol. The molecule has 3 N–H and O–H groups in total. The lowest BCUT2D eigenvalue weighted by atomic mass is 10.3. The lowest BCUT2D eigenvalue weighted by Gasteiger charge is -2.15. The highest BCUT2D eigenvalue weighted by Crippen LogP contribution is 2.21. The zero-order valence-corrected chi connectivity index (χ0v) is 10.6. The van der Waals surface area contributed by atoms with E-state index in [1.807, 2.05) is 6.92 Å². The zero-order valence-electron chi connectivity index (χ0n) is 9.04. The van der Waals surface area contributed by atoms with E-state index < -0.39 is 0 Å². The predicted octanol–water partition coefficient (Wildman–Crippen LogP) is 2.18. The maximum atomic E-state index is 5.84. The molecule has 1 atom stereocenters. The van der Waals surface area contributed by atoms with Gasteiger partial charge >= 0.3 is 0 Å². The highest BCUT2D eigenvalue weighted by atomic mass is 35.5. The number of aryl methyl sites for hydroxylation is 1. The molecule has 1 aromatic heterocycles. The van der Waals surface area contributed by atoms with E-state index in [4.69, 9.17) is 17.3 Å². The van der Waals surface area contributed by atoms with Gasteiger partial charge in [-0.25, -0.2) is 4.98 Å². The van der Waals surface area contributed by atoms with Gasteiger partial charge in [-0.2, -0.15) is 16.7 Å². The van der Waals surface area contributed by atoms with Crippen molar-refractivity contribution in [2.75, 3.05) is 23.1 Å². The second-order valence-corrected chi connectivity index (χ2v) is 4.59. The molecule has 15 heavy (non-hydrogen) atoms. The van der Waals surface area contributed by atoms with E-state index in [0.717, 1.165) is 5.75 Å². The molecule has 0 saturated heterocycles. The SMILES string of the molecule is CSCC(C)Nc1nc(Cl)nc(C)c1N. The summed E-state index contributed by atoms with van der Waals surface area (Å²) in [6, 6.07) is 0.299. The van der Waals surface area contributed by atoms with Crippen LogP contribution in [0.3, 0.4) is 0 Å². The molecule has 0 radical (unpaired) electrons. The van der Waals surface area contributed by atoms with Crippen molar-refractivity contribution in [3.63, 3.8) is 0 Å². The van der Waals surface area contributed by atoms with E-state index in [-0.39, 0.29) is 5.28 Å². The van der Waals surface area contributed by atoms with Crippen LogP contribution in [0.5, 0.6) is 0 Å². The fourth-order valence-corrected chi connectivity index (χ4v) is 1.98. The van der Waals surface area contributed by atoms with Gasteiger partial charge in [0.15, 0.2) is 5.82 Å². The van der Waals surface area contributed by atoms with Gasteiger partial charge in [-0.3, -0.25) is 0 Å². The number of anilines is 2. The Morgan fingerprint density at radius 3 is 2.80 bits per heavy atom. The predicted molar refractivity (Wildman–Crippen MR) is 67.7 cm³/mol. The van der Waals surface area contributed by atoms with Crippen LogP contribution in [-0.2, 0) is 0 Å². The zero-order chi connectivity index (χ0) is 11.4. The second kappa shape index (κ2) is 5.42. The molecule has 0 amide bonds. The number of hydrogen-bond donors (Lipinski definition) is 2. The van der Waals surface area contributed by atoms with Crippen molar-refractivity contribution in [2.45, 2.75) is 19.9 Å². The third kappa shape index (κ3) is 3.43. The number of nitrogens with zero attached hydrogens (tertiary/aromatic N) is 2. The van der Waals surface area contributed by atoms with Crippen LogP contribution >= 0.6 is 23.4 Å². The van der Waals surface area contributed by atoms with Gasteiger partial charge in [0.25, 0.3) is 0 Å². The summed E-state index contributed by atoms with van der Waals surface area (Å²) in [5, 5.41) is 3.43. The molecule has 0 fully saturated rings. The third-order valence-electron chi connectivity index (χ3n) is 1.91. The van der Waals surface area contributed by atoms with E-state index in [1.54, 1.807) is 11.8 Å².